The van der Waals surface area contributed by atoms with Crippen LogP contribution in [-0.2, 0) is 6.54 Å². The largest absolute Gasteiger partial charge is 0.390 e. The number of hydrogen-bond donors (Lipinski definition) is 2. The standard InChI is InChI=1S/C13H18N2O/c14-12-10-6-11(13(12)16)15(8-10)7-9-4-2-1-3-5-9/h1-5,10-13,16H,6-8,14H2. The molecule has 3 N–H and O–H groups in total. The zero-order valence-corrected chi connectivity index (χ0v) is 9.29. The lowest BCUT2D eigenvalue weighted by Crippen LogP contribution is -2.51. The fourth-order valence-corrected chi connectivity index (χ4v) is 3.14. The Labute approximate surface area is 95.9 Å². The molecule has 2 fully saturated rings. The van der Waals surface area contributed by atoms with Gasteiger partial charge in [-0.3, -0.25) is 4.90 Å². The Balaban J connectivity index is 1.71. The highest BCUT2D eigenvalue weighted by atomic mass is 16.3. The van der Waals surface area contributed by atoms with Crippen molar-refractivity contribution in [2.75, 3.05) is 6.54 Å². The van der Waals surface area contributed by atoms with Gasteiger partial charge in [-0.2, -0.15) is 0 Å². The molecule has 1 heterocycles. The van der Waals surface area contributed by atoms with Gasteiger partial charge in [0.25, 0.3) is 0 Å². The summed E-state index contributed by atoms with van der Waals surface area (Å²) >= 11 is 0. The smallest absolute Gasteiger partial charge is 0.0849 e. The summed E-state index contributed by atoms with van der Waals surface area (Å²) in [6, 6.07) is 10.7. The Bertz CT molecular complexity index is 365. The van der Waals surface area contributed by atoms with Crippen LogP contribution in [0.3, 0.4) is 0 Å². The number of nitrogens with two attached hydrogens (primary N) is 1. The summed E-state index contributed by atoms with van der Waals surface area (Å²) in [4.78, 5) is 2.37. The molecule has 3 heteroatoms. The predicted molar refractivity (Wildman–Crippen MR) is 62.7 cm³/mol. The highest BCUT2D eigenvalue weighted by Crippen LogP contribution is 2.37. The third-order valence-electron chi connectivity index (χ3n) is 4.04. The number of fused-ring (bicyclic) bond motifs is 2. The Morgan fingerprint density at radius 3 is 2.69 bits per heavy atom. The normalized spacial score (nSPS) is 38.1. The fraction of sp³-hybridized carbons (Fsp3) is 0.538. The average Bonchev–Trinajstić information content (AvgIpc) is 2.82. The van der Waals surface area contributed by atoms with Crippen LogP contribution in [0.1, 0.15) is 12.0 Å². The van der Waals surface area contributed by atoms with Gasteiger partial charge in [0.2, 0.25) is 0 Å². The summed E-state index contributed by atoms with van der Waals surface area (Å²) in [6.45, 7) is 1.98. The van der Waals surface area contributed by atoms with Crippen LogP contribution in [0.2, 0.25) is 0 Å². The Kier molecular flexibility index (Phi) is 2.46. The van der Waals surface area contributed by atoms with Gasteiger partial charge in [0, 0.05) is 25.2 Å². The number of hydrogen-bond acceptors (Lipinski definition) is 3. The second kappa shape index (κ2) is 3.84. The Morgan fingerprint density at radius 2 is 2.06 bits per heavy atom. The zero-order chi connectivity index (χ0) is 11.1. The lowest BCUT2D eigenvalue weighted by Gasteiger charge is -2.33. The first-order valence-corrected chi connectivity index (χ1v) is 5.97. The van der Waals surface area contributed by atoms with E-state index in [0.717, 1.165) is 19.5 Å². The number of likely N-dealkylation sites (tertiary alicyclic amines) is 1. The first-order chi connectivity index (χ1) is 7.75. The van der Waals surface area contributed by atoms with Crippen LogP contribution < -0.4 is 5.73 Å². The minimum absolute atomic E-state index is 0.00276. The first kappa shape index (κ1) is 10.3. The predicted octanol–water partition coefficient (Wildman–Crippen LogP) is 0.579. The average molecular weight is 218 g/mol. The number of rotatable bonds is 2. The molecule has 4 atom stereocenters. The summed E-state index contributed by atoms with van der Waals surface area (Å²) in [5, 5.41) is 9.97. The van der Waals surface area contributed by atoms with Crippen molar-refractivity contribution in [3.8, 4) is 0 Å². The maximum atomic E-state index is 9.97. The summed E-state index contributed by atoms with van der Waals surface area (Å²) in [7, 11) is 0. The molecule has 3 nitrogen and oxygen atoms in total. The molecule has 1 aromatic carbocycles. The number of nitrogens with zero attached hydrogens (tertiary/aromatic N) is 1. The van der Waals surface area contributed by atoms with E-state index in [1.54, 1.807) is 0 Å². The van der Waals surface area contributed by atoms with Gasteiger partial charge < -0.3 is 10.8 Å². The van der Waals surface area contributed by atoms with Crippen LogP contribution in [0.4, 0.5) is 0 Å². The van der Waals surface area contributed by atoms with Gasteiger partial charge >= 0.3 is 0 Å². The lowest BCUT2D eigenvalue weighted by atomic mass is 10.0. The van der Waals surface area contributed by atoms with Gasteiger partial charge in [0.1, 0.15) is 0 Å². The second-order valence-electron chi connectivity index (χ2n) is 5.05. The number of aliphatic hydroxyl groups is 1. The van der Waals surface area contributed by atoms with Crippen molar-refractivity contribution >= 4 is 0 Å². The first-order valence-electron chi connectivity index (χ1n) is 5.97. The molecule has 0 spiro atoms. The van der Waals surface area contributed by atoms with Gasteiger partial charge in [0.15, 0.2) is 0 Å². The van der Waals surface area contributed by atoms with Gasteiger partial charge in [0.05, 0.1) is 6.10 Å². The van der Waals surface area contributed by atoms with Crippen LogP contribution in [0.15, 0.2) is 30.3 Å². The molecule has 1 aliphatic carbocycles. The van der Waals surface area contributed by atoms with Crippen molar-refractivity contribution in [2.24, 2.45) is 11.7 Å². The van der Waals surface area contributed by atoms with Gasteiger partial charge in [-0.15, -0.1) is 0 Å². The minimum atomic E-state index is -0.331. The molecule has 3 rings (SSSR count). The Morgan fingerprint density at radius 1 is 1.31 bits per heavy atom. The highest BCUT2D eigenvalue weighted by Gasteiger charge is 2.49. The topological polar surface area (TPSA) is 49.5 Å². The summed E-state index contributed by atoms with van der Waals surface area (Å²) in [6.07, 6.45) is 0.734. The molecule has 0 amide bonds. The minimum Gasteiger partial charge on any atom is -0.390 e. The van der Waals surface area contributed by atoms with Gasteiger partial charge in [-0.1, -0.05) is 30.3 Å². The number of piperidine rings is 1. The van der Waals surface area contributed by atoms with Crippen LogP contribution in [0.25, 0.3) is 0 Å². The molecular formula is C13H18N2O. The molecule has 0 radical (unpaired) electrons. The molecule has 86 valence electrons. The van der Waals surface area contributed by atoms with E-state index < -0.39 is 0 Å². The fourth-order valence-electron chi connectivity index (χ4n) is 3.14. The lowest BCUT2D eigenvalue weighted by molar-refractivity contribution is 0.0382. The van der Waals surface area contributed by atoms with Crippen molar-refractivity contribution in [3.63, 3.8) is 0 Å². The summed E-state index contributed by atoms with van der Waals surface area (Å²) in [5.41, 5.74) is 7.26. The van der Waals surface area contributed by atoms with Gasteiger partial charge in [-0.25, -0.2) is 0 Å². The molecule has 0 aromatic heterocycles. The maximum absolute atomic E-state index is 9.97. The molecule has 1 aromatic rings. The quantitative estimate of drug-likeness (QED) is 0.763. The molecule has 4 unspecified atom stereocenters. The molecule has 2 bridgehead atoms. The van der Waals surface area contributed by atoms with E-state index in [0.29, 0.717) is 5.92 Å². The highest BCUT2D eigenvalue weighted by molar-refractivity contribution is 5.16. The number of aliphatic hydroxyl groups excluding tert-OH is 1. The molecule has 2 aliphatic rings. The van der Waals surface area contributed by atoms with E-state index in [1.165, 1.54) is 5.56 Å². The number of benzene rings is 1. The SMILES string of the molecule is NC1C2CC(C1O)N(Cc1ccccc1)C2. The Hall–Kier alpha value is -0.900. The van der Waals surface area contributed by atoms with Crippen LogP contribution >= 0.6 is 0 Å². The van der Waals surface area contributed by atoms with Crippen LogP contribution in [-0.4, -0.2) is 34.7 Å². The van der Waals surface area contributed by atoms with E-state index in [4.69, 9.17) is 5.73 Å². The third-order valence-corrected chi connectivity index (χ3v) is 4.04. The van der Waals surface area contributed by atoms with Crippen LogP contribution in [0.5, 0.6) is 0 Å². The van der Waals surface area contributed by atoms with E-state index in [2.05, 4.69) is 29.2 Å². The maximum Gasteiger partial charge on any atom is 0.0849 e. The molecule has 1 aliphatic heterocycles. The molecule has 16 heavy (non-hydrogen) atoms. The van der Waals surface area contributed by atoms with Crippen molar-refractivity contribution in [3.05, 3.63) is 35.9 Å². The monoisotopic (exact) mass is 218 g/mol. The molecule has 1 saturated heterocycles. The van der Waals surface area contributed by atoms with Crippen molar-refractivity contribution in [1.29, 1.82) is 0 Å². The molecule has 1 saturated carbocycles. The second-order valence-corrected chi connectivity index (χ2v) is 5.05. The third kappa shape index (κ3) is 1.56. The van der Waals surface area contributed by atoms with Crippen molar-refractivity contribution in [2.45, 2.75) is 31.2 Å². The van der Waals surface area contributed by atoms with Crippen LogP contribution in [0, 0.1) is 5.92 Å². The van der Waals surface area contributed by atoms with Gasteiger partial charge in [-0.05, 0) is 17.9 Å². The summed E-state index contributed by atoms with van der Waals surface area (Å²) in [5.74, 6) is 0.490. The van der Waals surface area contributed by atoms with E-state index in [-0.39, 0.29) is 18.2 Å². The van der Waals surface area contributed by atoms with Crippen molar-refractivity contribution in [1.82, 2.24) is 4.90 Å². The van der Waals surface area contributed by atoms with Crippen molar-refractivity contribution < 1.29 is 5.11 Å². The van der Waals surface area contributed by atoms with E-state index in [9.17, 15) is 5.11 Å². The van der Waals surface area contributed by atoms with E-state index in [1.807, 2.05) is 6.07 Å². The zero-order valence-electron chi connectivity index (χ0n) is 9.29. The summed E-state index contributed by atoms with van der Waals surface area (Å²) < 4.78 is 0. The molecular weight excluding hydrogens is 200 g/mol. The van der Waals surface area contributed by atoms with E-state index >= 15 is 0 Å².